The molecule has 0 unspecified atom stereocenters. The van der Waals surface area contributed by atoms with Gasteiger partial charge in [0.25, 0.3) is 5.91 Å². The van der Waals surface area contributed by atoms with E-state index in [0.29, 0.717) is 17.5 Å². The second-order valence-electron chi connectivity index (χ2n) is 9.17. The number of anilines is 3. The van der Waals surface area contributed by atoms with Crippen molar-refractivity contribution < 1.29 is 9.53 Å². The molecule has 3 aliphatic heterocycles. The Balaban J connectivity index is 1.18. The molecule has 5 heterocycles. The minimum atomic E-state index is -0.0601. The van der Waals surface area contributed by atoms with Gasteiger partial charge in [0.1, 0.15) is 0 Å². The maximum atomic E-state index is 12.7. The van der Waals surface area contributed by atoms with Crippen molar-refractivity contribution >= 4 is 28.6 Å². The van der Waals surface area contributed by atoms with E-state index in [-0.39, 0.29) is 5.91 Å². The SMILES string of the molecule is O=C1NCc2c(-c3cnc4cnccn34)ccc(Nc3ccc(N4CC5(COC5)C4)cc3)c21. The number of rotatable bonds is 4. The molecule has 8 nitrogen and oxygen atoms in total. The van der Waals surface area contributed by atoms with Gasteiger partial charge in [0.05, 0.1) is 48.0 Å². The molecule has 2 aromatic heterocycles. The first-order valence-corrected chi connectivity index (χ1v) is 11.1. The highest BCUT2D eigenvalue weighted by Gasteiger charge is 2.48. The molecule has 1 amide bonds. The van der Waals surface area contributed by atoms with Crippen molar-refractivity contribution in [2.45, 2.75) is 6.54 Å². The van der Waals surface area contributed by atoms with Crippen molar-refractivity contribution in [3.63, 3.8) is 0 Å². The summed E-state index contributed by atoms with van der Waals surface area (Å²) < 4.78 is 7.36. The number of carbonyl (C=O) groups is 1. The summed E-state index contributed by atoms with van der Waals surface area (Å²) in [6.07, 6.45) is 7.19. The van der Waals surface area contributed by atoms with Crippen LogP contribution in [-0.2, 0) is 11.3 Å². The van der Waals surface area contributed by atoms with Crippen molar-refractivity contribution in [3.8, 4) is 11.3 Å². The molecule has 4 aromatic rings. The predicted octanol–water partition coefficient (Wildman–Crippen LogP) is 3.22. The van der Waals surface area contributed by atoms with Gasteiger partial charge in [-0.1, -0.05) is 6.07 Å². The topological polar surface area (TPSA) is 83.8 Å². The predicted molar refractivity (Wildman–Crippen MR) is 125 cm³/mol. The maximum absolute atomic E-state index is 12.7. The van der Waals surface area contributed by atoms with Crippen LogP contribution in [0, 0.1) is 5.41 Å². The molecule has 2 N–H and O–H groups in total. The summed E-state index contributed by atoms with van der Waals surface area (Å²) in [7, 11) is 0. The first-order valence-electron chi connectivity index (χ1n) is 11.1. The lowest BCUT2D eigenvalue weighted by atomic mass is 9.78. The van der Waals surface area contributed by atoms with Gasteiger partial charge in [-0.2, -0.15) is 0 Å². The standard InChI is InChI=1S/C25H22N6O2/c32-24-23-19(9-28-24)18(21-10-27-22-11-26-7-8-31(21)22)5-6-20(23)29-16-1-3-17(4-2-16)30-12-25(13-30)14-33-15-25/h1-8,10-11,29H,9,12-15H2,(H,28,32). The fourth-order valence-corrected chi connectivity index (χ4v) is 5.16. The second-order valence-corrected chi connectivity index (χ2v) is 9.17. The Hall–Kier alpha value is -3.91. The van der Waals surface area contributed by atoms with E-state index in [2.05, 4.69) is 55.8 Å². The average Bonchev–Trinajstić information content (AvgIpc) is 3.38. The summed E-state index contributed by atoms with van der Waals surface area (Å²) in [6, 6.07) is 12.4. The first kappa shape index (κ1) is 18.6. The van der Waals surface area contributed by atoms with E-state index in [1.807, 2.05) is 22.9 Å². The Morgan fingerprint density at radius 3 is 2.70 bits per heavy atom. The van der Waals surface area contributed by atoms with Gasteiger partial charge in [0.2, 0.25) is 0 Å². The largest absolute Gasteiger partial charge is 0.380 e. The Morgan fingerprint density at radius 1 is 1.06 bits per heavy atom. The third-order valence-electron chi connectivity index (χ3n) is 6.94. The Labute approximate surface area is 190 Å². The molecule has 7 rings (SSSR count). The maximum Gasteiger partial charge on any atom is 0.254 e. The third-order valence-corrected chi connectivity index (χ3v) is 6.94. The van der Waals surface area contributed by atoms with Crippen LogP contribution < -0.4 is 15.5 Å². The molecule has 33 heavy (non-hydrogen) atoms. The van der Waals surface area contributed by atoms with Crippen LogP contribution in [0.5, 0.6) is 0 Å². The number of aromatic nitrogens is 3. The minimum Gasteiger partial charge on any atom is -0.380 e. The Morgan fingerprint density at radius 2 is 1.91 bits per heavy atom. The summed E-state index contributed by atoms with van der Waals surface area (Å²) in [5.74, 6) is -0.0601. The fourth-order valence-electron chi connectivity index (χ4n) is 5.16. The zero-order chi connectivity index (χ0) is 22.0. The summed E-state index contributed by atoms with van der Waals surface area (Å²) in [4.78, 5) is 23.7. The normalized spacial score (nSPS) is 18.1. The highest BCUT2D eigenvalue weighted by molar-refractivity contribution is 6.06. The molecule has 0 atom stereocenters. The van der Waals surface area contributed by atoms with Crippen LogP contribution in [0.3, 0.4) is 0 Å². The van der Waals surface area contributed by atoms with Crippen molar-refractivity contribution in [1.29, 1.82) is 0 Å². The second kappa shape index (κ2) is 6.79. The van der Waals surface area contributed by atoms with E-state index in [1.165, 1.54) is 5.69 Å². The van der Waals surface area contributed by atoms with Gasteiger partial charge in [0, 0.05) is 49.0 Å². The lowest BCUT2D eigenvalue weighted by Gasteiger charge is -2.56. The fraction of sp³-hybridized carbons (Fsp3) is 0.240. The van der Waals surface area contributed by atoms with Crippen molar-refractivity contribution in [2.24, 2.45) is 5.41 Å². The Bertz CT molecular complexity index is 1400. The average molecular weight is 438 g/mol. The van der Waals surface area contributed by atoms with Crippen LogP contribution in [0.25, 0.3) is 16.9 Å². The number of hydrogen-bond donors (Lipinski definition) is 2. The smallest absolute Gasteiger partial charge is 0.254 e. The molecule has 1 spiro atoms. The molecular formula is C25H22N6O2. The van der Waals surface area contributed by atoms with Crippen LogP contribution in [0.4, 0.5) is 17.1 Å². The highest BCUT2D eigenvalue weighted by atomic mass is 16.5. The quantitative estimate of drug-likeness (QED) is 0.509. The van der Waals surface area contributed by atoms with Crippen LogP contribution >= 0.6 is 0 Å². The van der Waals surface area contributed by atoms with Crippen LogP contribution in [-0.4, -0.2) is 46.6 Å². The third kappa shape index (κ3) is 2.84. The molecule has 0 radical (unpaired) electrons. The number of benzene rings is 2. The molecular weight excluding hydrogens is 416 g/mol. The molecule has 2 saturated heterocycles. The number of imidazole rings is 1. The molecule has 0 bridgehead atoms. The lowest BCUT2D eigenvalue weighted by Crippen LogP contribution is -2.66. The molecule has 0 aliphatic carbocycles. The number of ether oxygens (including phenoxy) is 1. The molecule has 2 aromatic carbocycles. The van der Waals surface area contributed by atoms with E-state index in [1.54, 1.807) is 12.4 Å². The summed E-state index contributed by atoms with van der Waals surface area (Å²) in [5, 5.41) is 6.44. The molecule has 0 saturated carbocycles. The van der Waals surface area contributed by atoms with Crippen molar-refractivity contribution in [3.05, 3.63) is 72.3 Å². The van der Waals surface area contributed by atoms with Crippen LogP contribution in [0.1, 0.15) is 15.9 Å². The number of nitrogens with one attached hydrogen (secondary N) is 2. The lowest BCUT2D eigenvalue weighted by molar-refractivity contribution is -0.127. The minimum absolute atomic E-state index is 0.0601. The van der Waals surface area contributed by atoms with Gasteiger partial charge in [0.15, 0.2) is 5.65 Å². The van der Waals surface area contributed by atoms with Crippen molar-refractivity contribution in [2.75, 3.05) is 36.5 Å². The molecule has 8 heteroatoms. The Kier molecular flexibility index (Phi) is 3.84. The van der Waals surface area contributed by atoms with Crippen LogP contribution in [0.15, 0.2) is 61.2 Å². The number of carbonyl (C=O) groups excluding carboxylic acids is 1. The van der Waals surface area contributed by atoms with Gasteiger partial charge in [-0.3, -0.25) is 14.2 Å². The van der Waals surface area contributed by atoms with E-state index >= 15 is 0 Å². The van der Waals surface area contributed by atoms with E-state index in [4.69, 9.17) is 4.74 Å². The van der Waals surface area contributed by atoms with E-state index < -0.39 is 0 Å². The number of nitrogens with zero attached hydrogens (tertiary/aromatic N) is 4. The zero-order valence-corrected chi connectivity index (χ0v) is 17.9. The van der Waals surface area contributed by atoms with Gasteiger partial charge in [-0.05, 0) is 35.9 Å². The van der Waals surface area contributed by atoms with Gasteiger partial charge in [-0.25, -0.2) is 4.98 Å². The van der Waals surface area contributed by atoms with E-state index in [0.717, 1.165) is 60.1 Å². The molecule has 3 aliphatic rings. The highest BCUT2D eigenvalue weighted by Crippen LogP contribution is 2.41. The zero-order valence-electron chi connectivity index (χ0n) is 17.9. The van der Waals surface area contributed by atoms with Gasteiger partial charge < -0.3 is 20.3 Å². The summed E-state index contributed by atoms with van der Waals surface area (Å²) in [5.41, 5.74) is 7.76. The summed E-state index contributed by atoms with van der Waals surface area (Å²) >= 11 is 0. The first-order chi connectivity index (χ1) is 16.2. The molecule has 2 fully saturated rings. The van der Waals surface area contributed by atoms with Gasteiger partial charge in [-0.15, -0.1) is 0 Å². The van der Waals surface area contributed by atoms with Gasteiger partial charge >= 0.3 is 0 Å². The number of hydrogen-bond acceptors (Lipinski definition) is 6. The van der Waals surface area contributed by atoms with Crippen LogP contribution in [0.2, 0.25) is 0 Å². The monoisotopic (exact) mass is 438 g/mol. The van der Waals surface area contributed by atoms with E-state index in [9.17, 15) is 4.79 Å². The number of fused-ring (bicyclic) bond motifs is 2. The molecule has 164 valence electrons. The van der Waals surface area contributed by atoms with Crippen molar-refractivity contribution in [1.82, 2.24) is 19.7 Å². The number of amides is 1. The summed E-state index contributed by atoms with van der Waals surface area (Å²) in [6.45, 7) is 4.40.